The molecule has 16 heavy (non-hydrogen) atoms. The molecule has 3 heteroatoms. The summed E-state index contributed by atoms with van der Waals surface area (Å²) in [6, 6.07) is 0. The smallest absolute Gasteiger partial charge is 0.155 e. The number of ether oxygens (including phenoxy) is 1. The molecular formula is C13H20N2O. The summed E-state index contributed by atoms with van der Waals surface area (Å²) in [5, 5.41) is 0. The molecule has 1 saturated carbocycles. The summed E-state index contributed by atoms with van der Waals surface area (Å²) >= 11 is 0. The molecular weight excluding hydrogens is 200 g/mol. The zero-order chi connectivity index (χ0) is 11.4. The quantitative estimate of drug-likeness (QED) is 0.738. The lowest BCUT2D eigenvalue weighted by atomic mass is 10.1. The molecule has 1 aliphatic carbocycles. The Balaban J connectivity index is 1.87. The second-order valence-corrected chi connectivity index (χ2v) is 4.72. The SMILES string of the molecule is CCCC(C)c1ncc(OCC2CC2)cn1. The van der Waals surface area contributed by atoms with Crippen LogP contribution < -0.4 is 4.74 Å². The van der Waals surface area contributed by atoms with Crippen molar-refractivity contribution in [1.29, 1.82) is 0 Å². The first kappa shape index (κ1) is 11.4. The summed E-state index contributed by atoms with van der Waals surface area (Å²) in [4.78, 5) is 8.72. The third kappa shape index (κ3) is 3.19. The van der Waals surface area contributed by atoms with Gasteiger partial charge in [-0.05, 0) is 25.2 Å². The zero-order valence-electron chi connectivity index (χ0n) is 10.1. The van der Waals surface area contributed by atoms with Crippen LogP contribution in [0.1, 0.15) is 51.3 Å². The molecule has 1 atom stereocenters. The van der Waals surface area contributed by atoms with Crippen molar-refractivity contribution in [1.82, 2.24) is 9.97 Å². The molecule has 1 fully saturated rings. The molecule has 88 valence electrons. The van der Waals surface area contributed by atoms with Gasteiger partial charge >= 0.3 is 0 Å². The average molecular weight is 220 g/mol. The van der Waals surface area contributed by atoms with Crippen LogP contribution >= 0.6 is 0 Å². The van der Waals surface area contributed by atoms with Gasteiger partial charge in [-0.15, -0.1) is 0 Å². The van der Waals surface area contributed by atoms with E-state index in [4.69, 9.17) is 4.74 Å². The van der Waals surface area contributed by atoms with Crippen LogP contribution in [0.15, 0.2) is 12.4 Å². The summed E-state index contributed by atoms with van der Waals surface area (Å²) in [5.41, 5.74) is 0. The molecule has 0 saturated heterocycles. The summed E-state index contributed by atoms with van der Waals surface area (Å²) in [5.74, 6) is 2.96. The lowest BCUT2D eigenvalue weighted by Gasteiger charge is -2.09. The Labute approximate surface area is 97.3 Å². The first-order chi connectivity index (χ1) is 7.79. The van der Waals surface area contributed by atoms with E-state index in [1.165, 1.54) is 19.3 Å². The van der Waals surface area contributed by atoms with Crippen molar-refractivity contribution in [2.75, 3.05) is 6.61 Å². The molecule has 0 amide bonds. The van der Waals surface area contributed by atoms with Gasteiger partial charge in [-0.1, -0.05) is 20.3 Å². The lowest BCUT2D eigenvalue weighted by Crippen LogP contribution is -2.03. The Morgan fingerprint density at radius 3 is 2.62 bits per heavy atom. The minimum absolute atomic E-state index is 0.447. The fourth-order valence-corrected chi connectivity index (χ4v) is 1.72. The highest BCUT2D eigenvalue weighted by Gasteiger charge is 2.22. The van der Waals surface area contributed by atoms with Crippen molar-refractivity contribution in [2.45, 2.75) is 45.4 Å². The molecule has 1 aliphatic rings. The van der Waals surface area contributed by atoms with E-state index in [1.807, 2.05) is 0 Å². The van der Waals surface area contributed by atoms with Crippen molar-refractivity contribution >= 4 is 0 Å². The molecule has 1 aromatic heterocycles. The van der Waals surface area contributed by atoms with Gasteiger partial charge in [0.25, 0.3) is 0 Å². The van der Waals surface area contributed by atoms with Gasteiger partial charge in [0.05, 0.1) is 19.0 Å². The standard InChI is InChI=1S/C13H20N2O/c1-3-4-10(2)13-14-7-12(8-15-13)16-9-11-5-6-11/h7-8,10-11H,3-6,9H2,1-2H3. The van der Waals surface area contributed by atoms with Crippen LogP contribution in [0.2, 0.25) is 0 Å². The zero-order valence-corrected chi connectivity index (χ0v) is 10.1. The van der Waals surface area contributed by atoms with Crippen LogP contribution in [-0.2, 0) is 0 Å². The molecule has 0 bridgehead atoms. The van der Waals surface area contributed by atoms with E-state index in [2.05, 4.69) is 23.8 Å². The highest BCUT2D eigenvalue weighted by Crippen LogP contribution is 2.29. The minimum Gasteiger partial charge on any atom is -0.490 e. The van der Waals surface area contributed by atoms with Crippen molar-refractivity contribution in [2.24, 2.45) is 5.92 Å². The van der Waals surface area contributed by atoms with Gasteiger partial charge in [0.2, 0.25) is 0 Å². The maximum atomic E-state index is 5.60. The second kappa shape index (κ2) is 5.28. The summed E-state index contributed by atoms with van der Waals surface area (Å²) < 4.78 is 5.60. The molecule has 0 aliphatic heterocycles. The number of aromatic nitrogens is 2. The molecule has 1 aromatic rings. The van der Waals surface area contributed by atoms with Gasteiger partial charge in [-0.3, -0.25) is 0 Å². The fourth-order valence-electron chi connectivity index (χ4n) is 1.72. The van der Waals surface area contributed by atoms with Crippen molar-refractivity contribution in [3.8, 4) is 5.75 Å². The van der Waals surface area contributed by atoms with Gasteiger partial charge in [-0.2, -0.15) is 0 Å². The molecule has 0 aromatic carbocycles. The lowest BCUT2D eigenvalue weighted by molar-refractivity contribution is 0.297. The van der Waals surface area contributed by atoms with Crippen molar-refractivity contribution in [3.63, 3.8) is 0 Å². The van der Waals surface area contributed by atoms with E-state index in [0.29, 0.717) is 5.92 Å². The van der Waals surface area contributed by atoms with Gasteiger partial charge in [-0.25, -0.2) is 9.97 Å². The predicted molar refractivity (Wildman–Crippen MR) is 63.6 cm³/mol. The fraction of sp³-hybridized carbons (Fsp3) is 0.692. The highest BCUT2D eigenvalue weighted by atomic mass is 16.5. The molecule has 2 rings (SSSR count). The van der Waals surface area contributed by atoms with Gasteiger partial charge in [0.15, 0.2) is 5.75 Å². The topological polar surface area (TPSA) is 35.0 Å². The molecule has 0 spiro atoms. The van der Waals surface area contributed by atoms with Gasteiger partial charge in [0, 0.05) is 5.92 Å². The molecule has 0 N–H and O–H groups in total. The van der Waals surface area contributed by atoms with E-state index in [1.54, 1.807) is 12.4 Å². The van der Waals surface area contributed by atoms with Crippen molar-refractivity contribution in [3.05, 3.63) is 18.2 Å². The third-order valence-corrected chi connectivity index (χ3v) is 2.99. The van der Waals surface area contributed by atoms with E-state index < -0.39 is 0 Å². The summed E-state index contributed by atoms with van der Waals surface area (Å²) in [6.07, 6.45) is 8.54. The average Bonchev–Trinajstić information content (AvgIpc) is 3.11. The first-order valence-electron chi connectivity index (χ1n) is 6.24. The molecule has 1 unspecified atom stereocenters. The van der Waals surface area contributed by atoms with Crippen LogP contribution in [-0.4, -0.2) is 16.6 Å². The highest BCUT2D eigenvalue weighted by molar-refractivity contribution is 5.13. The van der Waals surface area contributed by atoms with E-state index in [9.17, 15) is 0 Å². The Bertz CT molecular complexity index is 319. The molecule has 0 radical (unpaired) electrons. The van der Waals surface area contributed by atoms with Crippen molar-refractivity contribution < 1.29 is 4.74 Å². The number of hydrogen-bond donors (Lipinski definition) is 0. The Hall–Kier alpha value is -1.12. The van der Waals surface area contributed by atoms with E-state index in [-0.39, 0.29) is 0 Å². The maximum Gasteiger partial charge on any atom is 0.155 e. The Kier molecular flexibility index (Phi) is 3.75. The third-order valence-electron chi connectivity index (χ3n) is 2.99. The number of hydrogen-bond acceptors (Lipinski definition) is 3. The van der Waals surface area contributed by atoms with Gasteiger partial charge < -0.3 is 4.74 Å². The van der Waals surface area contributed by atoms with E-state index in [0.717, 1.165) is 30.5 Å². The number of rotatable bonds is 6. The molecule has 3 nitrogen and oxygen atoms in total. The van der Waals surface area contributed by atoms with Crippen LogP contribution in [0.4, 0.5) is 0 Å². The molecule has 1 heterocycles. The monoisotopic (exact) mass is 220 g/mol. The normalized spacial score (nSPS) is 17.1. The largest absolute Gasteiger partial charge is 0.490 e. The van der Waals surface area contributed by atoms with Crippen LogP contribution in [0.5, 0.6) is 5.75 Å². The van der Waals surface area contributed by atoms with Gasteiger partial charge in [0.1, 0.15) is 5.82 Å². The number of nitrogens with zero attached hydrogens (tertiary/aromatic N) is 2. The predicted octanol–water partition coefficient (Wildman–Crippen LogP) is 3.17. The van der Waals surface area contributed by atoms with Crippen LogP contribution in [0.25, 0.3) is 0 Å². The van der Waals surface area contributed by atoms with E-state index >= 15 is 0 Å². The Morgan fingerprint density at radius 1 is 1.38 bits per heavy atom. The van der Waals surface area contributed by atoms with Crippen LogP contribution in [0, 0.1) is 5.92 Å². The van der Waals surface area contributed by atoms with Crippen LogP contribution in [0.3, 0.4) is 0 Å². The Morgan fingerprint density at radius 2 is 2.06 bits per heavy atom. The summed E-state index contributed by atoms with van der Waals surface area (Å²) in [7, 11) is 0. The first-order valence-corrected chi connectivity index (χ1v) is 6.24. The summed E-state index contributed by atoms with van der Waals surface area (Å²) in [6.45, 7) is 5.18. The second-order valence-electron chi connectivity index (χ2n) is 4.72. The maximum absolute atomic E-state index is 5.60. The minimum atomic E-state index is 0.447.